The average Bonchev–Trinajstić information content (AvgIpc) is 2.72. The molecule has 0 saturated carbocycles. The smallest absolute Gasteiger partial charge is 0.262 e. The molecule has 1 aliphatic rings. The van der Waals surface area contributed by atoms with Gasteiger partial charge in [0.2, 0.25) is 0 Å². The molecule has 0 fully saturated rings. The first-order valence-corrected chi connectivity index (χ1v) is 9.15. The first-order valence-electron chi connectivity index (χ1n) is 9.15. The van der Waals surface area contributed by atoms with Gasteiger partial charge in [0.15, 0.2) is 0 Å². The van der Waals surface area contributed by atoms with E-state index in [1.807, 2.05) is 56.3 Å². The fourth-order valence-corrected chi connectivity index (χ4v) is 2.96. The number of hydrogen-bond acceptors (Lipinski definition) is 4. The SMILES string of the molecule is CCCNC(=O)/C(C#N)=C1/C=C(c2ccc(OC)cc2)Oc2ccc(C)cc21. The van der Waals surface area contributed by atoms with Gasteiger partial charge in [-0.3, -0.25) is 4.79 Å². The summed E-state index contributed by atoms with van der Waals surface area (Å²) in [6.07, 6.45) is 2.55. The van der Waals surface area contributed by atoms with Gasteiger partial charge < -0.3 is 14.8 Å². The molecule has 5 nitrogen and oxygen atoms in total. The van der Waals surface area contributed by atoms with E-state index in [4.69, 9.17) is 9.47 Å². The van der Waals surface area contributed by atoms with Crippen molar-refractivity contribution in [3.8, 4) is 17.6 Å². The quantitative estimate of drug-likeness (QED) is 0.628. The van der Waals surface area contributed by atoms with Gasteiger partial charge in [-0.1, -0.05) is 18.6 Å². The predicted octanol–water partition coefficient (Wildman–Crippen LogP) is 4.24. The maximum absolute atomic E-state index is 12.6. The Balaban J connectivity index is 2.14. The summed E-state index contributed by atoms with van der Waals surface area (Å²) >= 11 is 0. The molecule has 0 aromatic heterocycles. The number of allylic oxidation sites excluding steroid dienone is 2. The number of methoxy groups -OCH3 is 1. The number of nitrogens with one attached hydrogen (secondary N) is 1. The van der Waals surface area contributed by atoms with Gasteiger partial charge in [-0.05, 0) is 55.8 Å². The minimum Gasteiger partial charge on any atom is -0.497 e. The summed E-state index contributed by atoms with van der Waals surface area (Å²) in [6, 6.07) is 15.2. The van der Waals surface area contributed by atoms with E-state index < -0.39 is 0 Å². The van der Waals surface area contributed by atoms with Crippen molar-refractivity contribution in [1.82, 2.24) is 5.32 Å². The van der Waals surface area contributed by atoms with E-state index in [0.29, 0.717) is 23.6 Å². The zero-order chi connectivity index (χ0) is 20.1. The summed E-state index contributed by atoms with van der Waals surface area (Å²) in [5.41, 5.74) is 3.23. The molecule has 142 valence electrons. The second kappa shape index (κ2) is 8.45. The normalized spacial score (nSPS) is 14.1. The van der Waals surface area contributed by atoms with E-state index in [1.54, 1.807) is 13.2 Å². The van der Waals surface area contributed by atoms with Crippen molar-refractivity contribution in [1.29, 1.82) is 5.26 Å². The molecule has 0 unspecified atom stereocenters. The molecule has 0 atom stereocenters. The van der Waals surface area contributed by atoms with Crippen molar-refractivity contribution < 1.29 is 14.3 Å². The van der Waals surface area contributed by atoms with Crippen molar-refractivity contribution in [2.75, 3.05) is 13.7 Å². The lowest BCUT2D eigenvalue weighted by Crippen LogP contribution is -2.26. The lowest BCUT2D eigenvalue weighted by atomic mass is 9.93. The number of benzene rings is 2. The Morgan fingerprint density at radius 3 is 2.61 bits per heavy atom. The van der Waals surface area contributed by atoms with Gasteiger partial charge in [-0.15, -0.1) is 0 Å². The molecule has 0 aliphatic carbocycles. The van der Waals surface area contributed by atoms with Crippen LogP contribution in [0.5, 0.6) is 11.5 Å². The summed E-state index contributed by atoms with van der Waals surface area (Å²) in [4.78, 5) is 12.6. The van der Waals surface area contributed by atoms with Crippen molar-refractivity contribution in [3.63, 3.8) is 0 Å². The number of amides is 1. The van der Waals surface area contributed by atoms with Crippen molar-refractivity contribution in [2.24, 2.45) is 0 Å². The third kappa shape index (κ3) is 3.91. The molecule has 0 bridgehead atoms. The van der Waals surface area contributed by atoms with Gasteiger partial charge in [0.05, 0.1) is 7.11 Å². The van der Waals surface area contributed by atoms with Crippen molar-refractivity contribution in [2.45, 2.75) is 20.3 Å². The first-order chi connectivity index (χ1) is 13.6. The number of aryl methyl sites for hydroxylation is 1. The Kier molecular flexibility index (Phi) is 5.81. The van der Waals surface area contributed by atoms with Gasteiger partial charge >= 0.3 is 0 Å². The average molecular weight is 374 g/mol. The highest BCUT2D eigenvalue weighted by molar-refractivity contribution is 6.09. The number of nitrogens with zero attached hydrogens (tertiary/aromatic N) is 1. The lowest BCUT2D eigenvalue weighted by Gasteiger charge is -2.22. The minimum absolute atomic E-state index is 0.0783. The Labute approximate surface area is 164 Å². The molecule has 3 rings (SSSR count). The fourth-order valence-electron chi connectivity index (χ4n) is 2.96. The van der Waals surface area contributed by atoms with Crippen molar-refractivity contribution >= 4 is 17.2 Å². The number of ether oxygens (including phenoxy) is 2. The van der Waals surface area contributed by atoms with E-state index in [1.165, 1.54) is 0 Å². The largest absolute Gasteiger partial charge is 0.497 e. The topological polar surface area (TPSA) is 71.4 Å². The lowest BCUT2D eigenvalue weighted by molar-refractivity contribution is -0.117. The van der Waals surface area contributed by atoms with E-state index >= 15 is 0 Å². The van der Waals surface area contributed by atoms with Crippen LogP contribution in [0.15, 0.2) is 54.1 Å². The number of rotatable bonds is 5. The van der Waals surface area contributed by atoms with E-state index in [9.17, 15) is 10.1 Å². The Bertz CT molecular complexity index is 995. The second-order valence-electron chi connectivity index (χ2n) is 6.50. The maximum atomic E-state index is 12.6. The van der Waals surface area contributed by atoms with Crippen LogP contribution in [0.3, 0.4) is 0 Å². The number of nitriles is 1. The molecule has 1 heterocycles. The molecule has 2 aromatic rings. The fraction of sp³-hybridized carbons (Fsp3) is 0.217. The van der Waals surface area contributed by atoms with Crippen molar-refractivity contribution in [3.05, 3.63) is 70.8 Å². The van der Waals surface area contributed by atoms with Crippen LogP contribution in [0.1, 0.15) is 30.0 Å². The molecule has 5 heteroatoms. The Hall–Kier alpha value is -3.52. The van der Waals surface area contributed by atoms with Crippen LogP contribution in [-0.2, 0) is 4.79 Å². The van der Waals surface area contributed by atoms with Gasteiger partial charge in [-0.25, -0.2) is 0 Å². The standard InChI is InChI=1S/C23H22N2O3/c1-4-11-25-23(26)20(14-24)18-13-22(16-6-8-17(27-3)9-7-16)28-21-10-5-15(2)12-19(18)21/h5-10,12-13H,4,11H2,1-3H3,(H,25,26)/b20-18-. The van der Waals surface area contributed by atoms with Crippen LogP contribution in [0.2, 0.25) is 0 Å². The second-order valence-corrected chi connectivity index (χ2v) is 6.50. The third-order valence-corrected chi connectivity index (χ3v) is 4.44. The number of carbonyl (C=O) groups is 1. The van der Waals surface area contributed by atoms with Crippen LogP contribution in [0.4, 0.5) is 0 Å². The van der Waals surface area contributed by atoms with E-state index in [0.717, 1.165) is 28.9 Å². The molecule has 28 heavy (non-hydrogen) atoms. The molecule has 0 radical (unpaired) electrons. The molecule has 1 aliphatic heterocycles. The van der Waals surface area contributed by atoms with Gasteiger partial charge in [0, 0.05) is 23.2 Å². The predicted molar refractivity (Wildman–Crippen MR) is 109 cm³/mol. The highest BCUT2D eigenvalue weighted by Gasteiger charge is 2.24. The van der Waals surface area contributed by atoms with Gasteiger partial charge in [0.25, 0.3) is 5.91 Å². The molecule has 0 saturated heterocycles. The van der Waals surface area contributed by atoms with Gasteiger partial charge in [-0.2, -0.15) is 5.26 Å². The maximum Gasteiger partial charge on any atom is 0.262 e. The zero-order valence-corrected chi connectivity index (χ0v) is 16.2. The minimum atomic E-state index is -0.376. The highest BCUT2D eigenvalue weighted by Crippen LogP contribution is 2.39. The summed E-state index contributed by atoms with van der Waals surface area (Å²) in [5, 5.41) is 12.5. The molecular weight excluding hydrogens is 352 g/mol. The van der Waals surface area contributed by atoms with Crippen LogP contribution >= 0.6 is 0 Å². The number of carbonyl (C=O) groups excluding carboxylic acids is 1. The summed E-state index contributed by atoms with van der Waals surface area (Å²) < 4.78 is 11.3. The Morgan fingerprint density at radius 1 is 1.21 bits per heavy atom. The van der Waals surface area contributed by atoms with E-state index in [2.05, 4.69) is 11.4 Å². The first kappa shape index (κ1) is 19.2. The molecule has 0 spiro atoms. The zero-order valence-electron chi connectivity index (χ0n) is 16.2. The van der Waals surface area contributed by atoms with E-state index in [-0.39, 0.29) is 11.5 Å². The third-order valence-electron chi connectivity index (χ3n) is 4.44. The Morgan fingerprint density at radius 2 is 1.96 bits per heavy atom. The molecule has 1 N–H and O–H groups in total. The van der Waals surface area contributed by atoms with Crippen LogP contribution in [0, 0.1) is 18.3 Å². The van der Waals surface area contributed by atoms with Crippen LogP contribution in [-0.4, -0.2) is 19.6 Å². The summed E-state index contributed by atoms with van der Waals surface area (Å²) in [6.45, 7) is 4.45. The van der Waals surface area contributed by atoms with Crippen LogP contribution in [0.25, 0.3) is 11.3 Å². The summed E-state index contributed by atoms with van der Waals surface area (Å²) in [5.74, 6) is 1.55. The molecular formula is C23H22N2O3. The molecule has 1 amide bonds. The highest BCUT2D eigenvalue weighted by atomic mass is 16.5. The van der Waals surface area contributed by atoms with Crippen LogP contribution < -0.4 is 14.8 Å². The number of hydrogen-bond donors (Lipinski definition) is 1. The summed E-state index contributed by atoms with van der Waals surface area (Å²) in [7, 11) is 1.61. The molecule has 2 aromatic carbocycles. The monoisotopic (exact) mass is 374 g/mol. The number of fused-ring (bicyclic) bond motifs is 1. The van der Waals surface area contributed by atoms with Gasteiger partial charge in [0.1, 0.15) is 28.9 Å².